The van der Waals surface area contributed by atoms with Gasteiger partial charge in [-0.05, 0) is 67.0 Å². The van der Waals surface area contributed by atoms with Gasteiger partial charge < -0.3 is 15.4 Å². The average Bonchev–Trinajstić information content (AvgIpc) is 3.39. The van der Waals surface area contributed by atoms with Crippen LogP contribution in [0.5, 0.6) is 5.75 Å². The number of nitrogens with one attached hydrogen (secondary N) is 2. The molecule has 0 spiro atoms. The number of hydrogen-bond donors (Lipinski definition) is 2. The number of carbonyl (C=O) groups is 2. The number of hydrogen-bond acceptors (Lipinski definition) is 6. The van der Waals surface area contributed by atoms with Crippen molar-refractivity contribution in [3.05, 3.63) is 98.7 Å². The lowest BCUT2D eigenvalue weighted by Crippen LogP contribution is -2.36. The van der Waals surface area contributed by atoms with Gasteiger partial charge in [0.05, 0.1) is 13.0 Å². The summed E-state index contributed by atoms with van der Waals surface area (Å²) >= 11 is 1.56. The molecule has 5 rings (SSSR count). The third-order valence-electron chi connectivity index (χ3n) is 6.64. The molecule has 0 fully saturated rings. The monoisotopic (exact) mass is 485 g/mol. The number of ketones is 1. The number of pyridine rings is 1. The topological polar surface area (TPSA) is 80.3 Å². The van der Waals surface area contributed by atoms with Crippen LogP contribution in [-0.2, 0) is 9.59 Å². The average molecular weight is 486 g/mol. The number of dihydropyridines is 1. The van der Waals surface area contributed by atoms with E-state index in [-0.39, 0.29) is 17.6 Å². The summed E-state index contributed by atoms with van der Waals surface area (Å²) in [6, 6.07) is 15.6. The van der Waals surface area contributed by atoms with E-state index < -0.39 is 5.92 Å². The number of carbonyl (C=O) groups excluding carboxylic acids is 2. The maximum atomic E-state index is 13.6. The lowest BCUT2D eigenvalue weighted by molar-refractivity contribution is -0.116. The van der Waals surface area contributed by atoms with Crippen LogP contribution in [-0.4, -0.2) is 23.8 Å². The van der Waals surface area contributed by atoms with Crippen LogP contribution in [0, 0.1) is 6.92 Å². The van der Waals surface area contributed by atoms with E-state index in [1.54, 1.807) is 30.7 Å². The standard InChI is InChI=1S/C28H27N3O3S/c1-16-6-11-24(29-15-16)31-28(33)25-17(2)30-21-13-19(18-7-9-20(34-3)10-8-18)14-22(32)26(21)27(25)23-5-4-12-35-23/h4-12,15,19,27,30H,13-14H2,1-3H3,(H,29,31,33). The third-order valence-corrected chi connectivity index (χ3v) is 7.58. The van der Waals surface area contributed by atoms with Crippen molar-refractivity contribution in [2.24, 2.45) is 0 Å². The maximum Gasteiger partial charge on any atom is 0.255 e. The molecular formula is C28H27N3O3S. The van der Waals surface area contributed by atoms with E-state index in [0.717, 1.165) is 33.1 Å². The number of benzene rings is 1. The molecule has 2 atom stereocenters. The lowest BCUT2D eigenvalue weighted by Gasteiger charge is -2.36. The number of rotatable bonds is 5. The number of nitrogens with zero attached hydrogens (tertiary/aromatic N) is 1. The van der Waals surface area contributed by atoms with E-state index in [4.69, 9.17) is 4.74 Å². The molecule has 178 valence electrons. The number of methoxy groups -OCH3 is 1. The van der Waals surface area contributed by atoms with Crippen molar-refractivity contribution >= 4 is 28.8 Å². The van der Waals surface area contributed by atoms with Crippen LogP contribution in [0.1, 0.15) is 47.6 Å². The highest BCUT2D eigenvalue weighted by molar-refractivity contribution is 7.10. The zero-order chi connectivity index (χ0) is 24.5. The van der Waals surface area contributed by atoms with Crippen molar-refractivity contribution in [1.29, 1.82) is 0 Å². The minimum atomic E-state index is -0.402. The first-order valence-electron chi connectivity index (χ1n) is 11.6. The maximum absolute atomic E-state index is 13.6. The molecule has 3 aromatic rings. The summed E-state index contributed by atoms with van der Waals surface area (Å²) in [6.07, 6.45) is 2.83. The van der Waals surface area contributed by atoms with E-state index >= 15 is 0 Å². The summed E-state index contributed by atoms with van der Waals surface area (Å²) in [6.45, 7) is 3.86. The van der Waals surface area contributed by atoms with Gasteiger partial charge >= 0.3 is 0 Å². The van der Waals surface area contributed by atoms with Gasteiger partial charge in [0.2, 0.25) is 0 Å². The molecule has 6 nitrogen and oxygen atoms in total. The zero-order valence-corrected chi connectivity index (χ0v) is 20.7. The Hall–Kier alpha value is -3.71. The van der Waals surface area contributed by atoms with Gasteiger partial charge in [-0.1, -0.05) is 24.3 Å². The van der Waals surface area contributed by atoms with E-state index in [1.807, 2.05) is 61.7 Å². The fourth-order valence-corrected chi connectivity index (χ4v) is 5.76. The predicted octanol–water partition coefficient (Wildman–Crippen LogP) is 5.46. The normalized spacial score (nSPS) is 19.8. The molecule has 2 N–H and O–H groups in total. The predicted molar refractivity (Wildman–Crippen MR) is 138 cm³/mol. The minimum Gasteiger partial charge on any atom is -0.497 e. The Kier molecular flexibility index (Phi) is 6.26. The Balaban J connectivity index is 1.49. The fourth-order valence-electron chi connectivity index (χ4n) is 4.92. The molecule has 2 unspecified atom stereocenters. The first kappa shape index (κ1) is 23.1. The minimum absolute atomic E-state index is 0.0728. The van der Waals surface area contributed by atoms with Gasteiger partial charge in [0, 0.05) is 40.0 Å². The second kappa shape index (κ2) is 9.50. The third kappa shape index (κ3) is 4.51. The highest BCUT2D eigenvalue weighted by Crippen LogP contribution is 2.46. The van der Waals surface area contributed by atoms with Crippen molar-refractivity contribution in [2.45, 2.75) is 38.5 Å². The van der Waals surface area contributed by atoms with Gasteiger partial charge in [-0.15, -0.1) is 11.3 Å². The molecule has 0 bridgehead atoms. The molecule has 0 saturated carbocycles. The van der Waals surface area contributed by atoms with Crippen molar-refractivity contribution in [3.63, 3.8) is 0 Å². The van der Waals surface area contributed by atoms with Gasteiger partial charge in [-0.25, -0.2) is 4.98 Å². The van der Waals surface area contributed by atoms with E-state index in [2.05, 4.69) is 15.6 Å². The number of aryl methyl sites for hydroxylation is 1. The van der Waals surface area contributed by atoms with Crippen molar-refractivity contribution < 1.29 is 14.3 Å². The van der Waals surface area contributed by atoms with Crippen molar-refractivity contribution in [3.8, 4) is 5.75 Å². The number of amides is 1. The quantitative estimate of drug-likeness (QED) is 0.502. The Bertz CT molecular complexity index is 1320. The fraction of sp³-hybridized carbons (Fsp3) is 0.250. The Morgan fingerprint density at radius 3 is 2.57 bits per heavy atom. The van der Waals surface area contributed by atoms with Gasteiger partial charge in [0.25, 0.3) is 5.91 Å². The van der Waals surface area contributed by atoms with Crippen LogP contribution in [0.2, 0.25) is 0 Å². The van der Waals surface area contributed by atoms with Gasteiger partial charge in [-0.2, -0.15) is 0 Å². The second-order valence-electron chi connectivity index (χ2n) is 8.98. The highest BCUT2D eigenvalue weighted by atomic mass is 32.1. The number of Topliss-reactive ketones (excluding diaryl/α,β-unsaturated/α-hetero) is 1. The Morgan fingerprint density at radius 1 is 1.11 bits per heavy atom. The van der Waals surface area contributed by atoms with Gasteiger partial charge in [0.1, 0.15) is 11.6 Å². The van der Waals surface area contributed by atoms with Crippen LogP contribution in [0.3, 0.4) is 0 Å². The SMILES string of the molecule is COc1ccc(C2CC(=O)C3=C(C2)NC(C)=C(C(=O)Nc2ccc(C)cn2)C3c2cccs2)cc1. The first-order valence-corrected chi connectivity index (χ1v) is 12.5. The summed E-state index contributed by atoms with van der Waals surface area (Å²) in [5, 5.41) is 8.34. The summed E-state index contributed by atoms with van der Waals surface area (Å²) < 4.78 is 5.28. The number of aromatic nitrogens is 1. The molecule has 35 heavy (non-hydrogen) atoms. The van der Waals surface area contributed by atoms with Gasteiger partial charge in [0.15, 0.2) is 5.78 Å². The summed E-state index contributed by atoms with van der Waals surface area (Å²) in [5.74, 6) is 0.775. The Labute approximate surface area is 208 Å². The van der Waals surface area contributed by atoms with E-state index in [0.29, 0.717) is 29.8 Å². The molecule has 0 saturated heterocycles. The molecule has 0 radical (unpaired) electrons. The molecule has 1 amide bonds. The van der Waals surface area contributed by atoms with E-state index in [9.17, 15) is 9.59 Å². The van der Waals surface area contributed by atoms with E-state index in [1.165, 1.54) is 0 Å². The number of ether oxygens (including phenoxy) is 1. The number of thiophene rings is 1. The van der Waals surface area contributed by atoms with Crippen LogP contribution < -0.4 is 15.4 Å². The van der Waals surface area contributed by atoms with Crippen LogP contribution in [0.15, 0.2) is 82.6 Å². The molecule has 2 aliphatic rings. The van der Waals surface area contributed by atoms with Crippen LogP contribution >= 0.6 is 11.3 Å². The largest absolute Gasteiger partial charge is 0.497 e. The zero-order valence-electron chi connectivity index (χ0n) is 19.9. The summed E-state index contributed by atoms with van der Waals surface area (Å²) in [5.41, 5.74) is 5.05. The molecule has 2 aromatic heterocycles. The first-order chi connectivity index (χ1) is 16.9. The molecule has 1 aliphatic heterocycles. The summed E-state index contributed by atoms with van der Waals surface area (Å²) in [7, 11) is 1.64. The molecule has 3 heterocycles. The number of anilines is 1. The van der Waals surface area contributed by atoms with Crippen molar-refractivity contribution in [1.82, 2.24) is 10.3 Å². The Morgan fingerprint density at radius 2 is 1.91 bits per heavy atom. The molecule has 1 aliphatic carbocycles. The molecule has 1 aromatic carbocycles. The van der Waals surface area contributed by atoms with Crippen LogP contribution in [0.4, 0.5) is 5.82 Å². The summed E-state index contributed by atoms with van der Waals surface area (Å²) in [4.78, 5) is 32.4. The highest BCUT2D eigenvalue weighted by Gasteiger charge is 2.41. The van der Waals surface area contributed by atoms with Crippen LogP contribution in [0.25, 0.3) is 0 Å². The smallest absolute Gasteiger partial charge is 0.255 e. The molecule has 7 heteroatoms. The lowest BCUT2D eigenvalue weighted by atomic mass is 9.73. The van der Waals surface area contributed by atoms with Gasteiger partial charge in [-0.3, -0.25) is 9.59 Å². The van der Waals surface area contributed by atoms with Crippen molar-refractivity contribution in [2.75, 3.05) is 12.4 Å². The number of allylic oxidation sites excluding steroid dienone is 3. The molecular weight excluding hydrogens is 458 g/mol. The second-order valence-corrected chi connectivity index (χ2v) is 9.96.